The van der Waals surface area contributed by atoms with E-state index in [-0.39, 0.29) is 17.6 Å². The van der Waals surface area contributed by atoms with Gasteiger partial charge in [-0.15, -0.1) is 0 Å². The normalized spacial score (nSPS) is 22.4. The molecule has 6 heteroatoms. The lowest BCUT2D eigenvalue weighted by atomic mass is 10.1. The Morgan fingerprint density at radius 2 is 2.20 bits per heavy atom. The molecule has 0 spiro atoms. The zero-order chi connectivity index (χ0) is 11.5. The fraction of sp³-hybridized carbons (Fsp3) is 0.889. The van der Waals surface area contributed by atoms with Crippen molar-refractivity contribution in [2.45, 2.75) is 26.2 Å². The Labute approximate surface area is 95.0 Å². The van der Waals surface area contributed by atoms with Crippen molar-refractivity contribution in [2.75, 3.05) is 18.8 Å². The van der Waals surface area contributed by atoms with Crippen LogP contribution in [0.1, 0.15) is 26.2 Å². The first-order valence-corrected chi connectivity index (χ1v) is 7.60. The summed E-state index contributed by atoms with van der Waals surface area (Å²) in [6, 6.07) is 0. The quantitative estimate of drug-likeness (QED) is 0.692. The van der Waals surface area contributed by atoms with Gasteiger partial charge in [0.05, 0.1) is 5.75 Å². The minimum atomic E-state index is -3.48. The number of carbonyl (C=O) groups excluding carboxylic acids is 1. The number of amides is 1. The summed E-state index contributed by atoms with van der Waals surface area (Å²) in [5, 5.41) is 0. The predicted octanol–water partition coefficient (Wildman–Crippen LogP) is 1.20. The van der Waals surface area contributed by atoms with Crippen LogP contribution in [0.15, 0.2) is 0 Å². The van der Waals surface area contributed by atoms with Gasteiger partial charge in [-0.2, -0.15) is 0 Å². The molecule has 88 valence electrons. The number of rotatable bonds is 5. The van der Waals surface area contributed by atoms with Crippen molar-refractivity contribution in [3.8, 4) is 0 Å². The largest absolute Gasteiger partial charge is 0.342 e. The fourth-order valence-corrected chi connectivity index (χ4v) is 3.13. The Morgan fingerprint density at radius 1 is 1.53 bits per heavy atom. The summed E-state index contributed by atoms with van der Waals surface area (Å²) in [7, 11) is 1.67. The Morgan fingerprint density at radius 3 is 2.73 bits per heavy atom. The molecule has 0 aromatic heterocycles. The lowest BCUT2D eigenvalue weighted by molar-refractivity contribution is -0.127. The third-order valence-electron chi connectivity index (χ3n) is 2.51. The van der Waals surface area contributed by atoms with Gasteiger partial charge in [-0.05, 0) is 6.42 Å². The molecule has 4 nitrogen and oxygen atoms in total. The van der Waals surface area contributed by atoms with Crippen molar-refractivity contribution in [3.05, 3.63) is 0 Å². The van der Waals surface area contributed by atoms with Crippen LogP contribution in [0.5, 0.6) is 0 Å². The SMILES string of the molecule is CCCCN1CC(CS(=O)(=O)Cl)CC1=O. The average Bonchev–Trinajstić information content (AvgIpc) is 2.39. The van der Waals surface area contributed by atoms with Crippen molar-refractivity contribution in [2.24, 2.45) is 5.92 Å². The van der Waals surface area contributed by atoms with Crippen LogP contribution in [0.4, 0.5) is 0 Å². The lowest BCUT2D eigenvalue weighted by Crippen LogP contribution is -2.26. The van der Waals surface area contributed by atoms with E-state index in [1.165, 1.54) is 0 Å². The van der Waals surface area contributed by atoms with E-state index in [1.807, 2.05) is 0 Å². The molecule has 0 aromatic carbocycles. The van der Waals surface area contributed by atoms with Gasteiger partial charge in [-0.1, -0.05) is 13.3 Å². The van der Waals surface area contributed by atoms with Crippen LogP contribution in [0.2, 0.25) is 0 Å². The summed E-state index contributed by atoms with van der Waals surface area (Å²) in [6.45, 7) is 3.32. The second kappa shape index (κ2) is 5.16. The molecule has 0 radical (unpaired) electrons. The molecule has 1 amide bonds. The van der Waals surface area contributed by atoms with Gasteiger partial charge in [0.2, 0.25) is 15.0 Å². The second-order valence-corrected chi connectivity index (χ2v) is 6.79. The standard InChI is InChI=1S/C9H16ClNO3S/c1-2-3-4-11-6-8(5-9(11)12)7-15(10,13)14/h8H,2-7H2,1H3. The molecule has 1 aliphatic rings. The van der Waals surface area contributed by atoms with Crippen molar-refractivity contribution < 1.29 is 13.2 Å². The Bertz CT molecular complexity index is 328. The molecular formula is C9H16ClNO3S. The molecule has 0 bridgehead atoms. The average molecular weight is 254 g/mol. The smallest absolute Gasteiger partial charge is 0.232 e. The highest BCUT2D eigenvalue weighted by Crippen LogP contribution is 2.21. The zero-order valence-electron chi connectivity index (χ0n) is 8.78. The van der Waals surface area contributed by atoms with E-state index >= 15 is 0 Å². The Kier molecular flexibility index (Phi) is 4.40. The molecule has 1 fully saturated rings. The molecule has 15 heavy (non-hydrogen) atoms. The third-order valence-corrected chi connectivity index (χ3v) is 3.76. The maximum Gasteiger partial charge on any atom is 0.232 e. The van der Waals surface area contributed by atoms with E-state index in [4.69, 9.17) is 10.7 Å². The van der Waals surface area contributed by atoms with Gasteiger partial charge in [0.15, 0.2) is 0 Å². The van der Waals surface area contributed by atoms with E-state index in [0.717, 1.165) is 19.4 Å². The van der Waals surface area contributed by atoms with Gasteiger partial charge >= 0.3 is 0 Å². The fourth-order valence-electron chi connectivity index (χ4n) is 1.81. The van der Waals surface area contributed by atoms with Crippen LogP contribution in [-0.4, -0.2) is 38.1 Å². The highest BCUT2D eigenvalue weighted by atomic mass is 35.7. The number of likely N-dealkylation sites (tertiary alicyclic amines) is 1. The highest BCUT2D eigenvalue weighted by molar-refractivity contribution is 8.13. The van der Waals surface area contributed by atoms with Crippen molar-refractivity contribution in [3.63, 3.8) is 0 Å². The van der Waals surface area contributed by atoms with Gasteiger partial charge in [-0.25, -0.2) is 8.42 Å². The summed E-state index contributed by atoms with van der Waals surface area (Å²) >= 11 is 0. The van der Waals surface area contributed by atoms with E-state index in [0.29, 0.717) is 13.0 Å². The first-order chi connectivity index (χ1) is 6.92. The maximum atomic E-state index is 11.5. The van der Waals surface area contributed by atoms with E-state index in [9.17, 15) is 13.2 Å². The molecule has 1 heterocycles. The molecule has 1 atom stereocenters. The van der Waals surface area contributed by atoms with Gasteiger partial charge in [0, 0.05) is 36.1 Å². The second-order valence-electron chi connectivity index (χ2n) is 3.97. The van der Waals surface area contributed by atoms with E-state index < -0.39 is 9.05 Å². The van der Waals surface area contributed by atoms with E-state index in [1.54, 1.807) is 4.90 Å². The zero-order valence-corrected chi connectivity index (χ0v) is 10.4. The molecule has 0 saturated carbocycles. The minimum Gasteiger partial charge on any atom is -0.342 e. The number of nitrogens with zero attached hydrogens (tertiary/aromatic N) is 1. The van der Waals surface area contributed by atoms with Crippen molar-refractivity contribution in [1.29, 1.82) is 0 Å². The molecule has 1 unspecified atom stereocenters. The first-order valence-electron chi connectivity index (χ1n) is 5.12. The van der Waals surface area contributed by atoms with Crippen LogP contribution in [0, 0.1) is 5.92 Å². The lowest BCUT2D eigenvalue weighted by Gasteiger charge is -2.15. The Hall–Kier alpha value is -0.290. The number of hydrogen-bond acceptors (Lipinski definition) is 3. The molecular weight excluding hydrogens is 238 g/mol. The molecule has 1 aliphatic heterocycles. The molecule has 1 rings (SSSR count). The number of carbonyl (C=O) groups is 1. The topological polar surface area (TPSA) is 54.5 Å². The summed E-state index contributed by atoms with van der Waals surface area (Å²) in [5.74, 6) is -0.172. The first kappa shape index (κ1) is 12.8. The molecule has 1 saturated heterocycles. The van der Waals surface area contributed by atoms with Gasteiger partial charge < -0.3 is 4.90 Å². The van der Waals surface area contributed by atoms with Gasteiger partial charge in [0.25, 0.3) is 0 Å². The third kappa shape index (κ3) is 4.38. The predicted molar refractivity (Wildman–Crippen MR) is 59.2 cm³/mol. The van der Waals surface area contributed by atoms with Crippen molar-refractivity contribution in [1.82, 2.24) is 4.90 Å². The summed E-state index contributed by atoms with van der Waals surface area (Å²) in [5.41, 5.74) is 0. The van der Waals surface area contributed by atoms with Crippen LogP contribution in [0.3, 0.4) is 0 Å². The number of unbranched alkanes of at least 4 members (excludes halogenated alkanes) is 1. The number of hydrogen-bond donors (Lipinski definition) is 0. The molecule has 0 aliphatic carbocycles. The minimum absolute atomic E-state index is 0.0498. The monoisotopic (exact) mass is 253 g/mol. The van der Waals surface area contributed by atoms with Gasteiger partial charge in [-0.3, -0.25) is 4.79 Å². The van der Waals surface area contributed by atoms with Crippen LogP contribution in [-0.2, 0) is 13.8 Å². The Balaban J connectivity index is 2.45. The van der Waals surface area contributed by atoms with Crippen LogP contribution in [0.25, 0.3) is 0 Å². The van der Waals surface area contributed by atoms with Crippen molar-refractivity contribution >= 4 is 25.6 Å². The van der Waals surface area contributed by atoms with E-state index in [2.05, 4.69) is 6.92 Å². The van der Waals surface area contributed by atoms with Gasteiger partial charge in [0.1, 0.15) is 0 Å². The summed E-state index contributed by atoms with van der Waals surface area (Å²) in [6.07, 6.45) is 2.31. The highest BCUT2D eigenvalue weighted by Gasteiger charge is 2.31. The number of halogens is 1. The van der Waals surface area contributed by atoms with Crippen LogP contribution < -0.4 is 0 Å². The summed E-state index contributed by atoms with van der Waals surface area (Å²) in [4.78, 5) is 13.2. The molecule has 0 N–H and O–H groups in total. The summed E-state index contributed by atoms with van der Waals surface area (Å²) < 4.78 is 21.7. The molecule has 0 aromatic rings. The maximum absolute atomic E-state index is 11.5. The van der Waals surface area contributed by atoms with Crippen LogP contribution >= 0.6 is 10.7 Å².